The molecule has 19 heavy (non-hydrogen) atoms. The van der Waals surface area contributed by atoms with Gasteiger partial charge in [-0.2, -0.15) is 0 Å². The predicted molar refractivity (Wildman–Crippen MR) is 76.0 cm³/mol. The number of hydrogen-bond donors (Lipinski definition) is 1. The standard InChI is InChI=1S/C15H21ClFNO/c1-11(2)18-8-6-15(19,7-9-18)10-12-4-3-5-13(17)14(12)16/h3-5,11,19H,6-10H2,1-2H3. The second-order valence-electron chi connectivity index (χ2n) is 5.74. The summed E-state index contributed by atoms with van der Waals surface area (Å²) in [5, 5.41) is 10.8. The lowest BCUT2D eigenvalue weighted by molar-refractivity contribution is -0.0271. The van der Waals surface area contributed by atoms with Crippen LogP contribution < -0.4 is 0 Å². The summed E-state index contributed by atoms with van der Waals surface area (Å²) in [6, 6.07) is 5.28. The Kier molecular flexibility index (Phi) is 4.49. The lowest BCUT2D eigenvalue weighted by Crippen LogP contribution is -2.47. The fourth-order valence-corrected chi connectivity index (χ4v) is 2.87. The first-order valence-electron chi connectivity index (χ1n) is 6.81. The second kappa shape index (κ2) is 5.78. The average Bonchev–Trinajstić information content (AvgIpc) is 2.35. The van der Waals surface area contributed by atoms with E-state index >= 15 is 0 Å². The van der Waals surface area contributed by atoms with Crippen LogP contribution in [0, 0.1) is 5.82 Å². The quantitative estimate of drug-likeness (QED) is 0.921. The van der Waals surface area contributed by atoms with Crippen LogP contribution in [0.25, 0.3) is 0 Å². The molecule has 1 aromatic rings. The smallest absolute Gasteiger partial charge is 0.142 e. The van der Waals surface area contributed by atoms with E-state index in [-0.39, 0.29) is 5.02 Å². The molecule has 0 aliphatic carbocycles. The Morgan fingerprint density at radius 1 is 1.37 bits per heavy atom. The molecule has 106 valence electrons. The maximum Gasteiger partial charge on any atom is 0.142 e. The third-order valence-corrected chi connectivity index (χ3v) is 4.43. The van der Waals surface area contributed by atoms with E-state index in [0.29, 0.717) is 30.9 Å². The zero-order valence-electron chi connectivity index (χ0n) is 11.5. The predicted octanol–water partition coefficient (Wildman–Crippen LogP) is 3.26. The number of benzene rings is 1. The average molecular weight is 286 g/mol. The Morgan fingerprint density at radius 3 is 2.58 bits per heavy atom. The van der Waals surface area contributed by atoms with Gasteiger partial charge in [0.05, 0.1) is 10.6 Å². The Morgan fingerprint density at radius 2 is 2.00 bits per heavy atom. The summed E-state index contributed by atoms with van der Waals surface area (Å²) in [7, 11) is 0. The van der Waals surface area contributed by atoms with Crippen LogP contribution in [0.5, 0.6) is 0 Å². The largest absolute Gasteiger partial charge is 0.389 e. The van der Waals surface area contributed by atoms with Crippen LogP contribution >= 0.6 is 11.6 Å². The Labute approximate surface area is 119 Å². The monoisotopic (exact) mass is 285 g/mol. The van der Waals surface area contributed by atoms with E-state index in [1.54, 1.807) is 12.1 Å². The molecule has 1 aromatic carbocycles. The summed E-state index contributed by atoms with van der Waals surface area (Å²) >= 11 is 5.96. The van der Waals surface area contributed by atoms with Crippen molar-refractivity contribution in [1.82, 2.24) is 4.90 Å². The van der Waals surface area contributed by atoms with Crippen molar-refractivity contribution >= 4 is 11.6 Å². The normalized spacial score (nSPS) is 19.9. The molecule has 2 nitrogen and oxygen atoms in total. The van der Waals surface area contributed by atoms with Crippen molar-refractivity contribution in [2.75, 3.05) is 13.1 Å². The van der Waals surface area contributed by atoms with Gasteiger partial charge in [-0.3, -0.25) is 0 Å². The van der Waals surface area contributed by atoms with E-state index in [1.165, 1.54) is 6.07 Å². The number of aliphatic hydroxyl groups is 1. The molecule has 1 N–H and O–H groups in total. The van der Waals surface area contributed by atoms with E-state index < -0.39 is 11.4 Å². The van der Waals surface area contributed by atoms with Crippen LogP contribution in [0.15, 0.2) is 18.2 Å². The number of halogens is 2. The number of nitrogens with zero attached hydrogens (tertiary/aromatic N) is 1. The molecule has 1 aliphatic rings. The van der Waals surface area contributed by atoms with Crippen LogP contribution in [0.1, 0.15) is 32.3 Å². The minimum absolute atomic E-state index is 0.141. The van der Waals surface area contributed by atoms with Crippen LogP contribution in [-0.4, -0.2) is 34.7 Å². The van der Waals surface area contributed by atoms with E-state index in [0.717, 1.165) is 13.1 Å². The van der Waals surface area contributed by atoms with Gasteiger partial charge in [-0.15, -0.1) is 0 Å². The fourth-order valence-electron chi connectivity index (χ4n) is 2.67. The molecule has 1 fully saturated rings. The molecule has 0 saturated carbocycles. The molecule has 0 radical (unpaired) electrons. The molecule has 4 heteroatoms. The summed E-state index contributed by atoms with van der Waals surface area (Å²) in [6.07, 6.45) is 1.84. The summed E-state index contributed by atoms with van der Waals surface area (Å²) in [5.74, 6) is -0.414. The summed E-state index contributed by atoms with van der Waals surface area (Å²) < 4.78 is 13.4. The minimum atomic E-state index is -0.761. The molecule has 2 rings (SSSR count). The van der Waals surface area contributed by atoms with Crippen molar-refractivity contribution in [3.8, 4) is 0 Å². The van der Waals surface area contributed by atoms with Crippen molar-refractivity contribution in [1.29, 1.82) is 0 Å². The van der Waals surface area contributed by atoms with Crippen molar-refractivity contribution < 1.29 is 9.50 Å². The van der Waals surface area contributed by atoms with Crippen LogP contribution in [0.3, 0.4) is 0 Å². The first-order chi connectivity index (χ1) is 8.91. The molecule has 1 saturated heterocycles. The van der Waals surface area contributed by atoms with Crippen molar-refractivity contribution in [2.24, 2.45) is 0 Å². The molecule has 1 heterocycles. The van der Waals surface area contributed by atoms with Crippen molar-refractivity contribution in [3.63, 3.8) is 0 Å². The highest BCUT2D eigenvalue weighted by Gasteiger charge is 2.33. The highest BCUT2D eigenvalue weighted by atomic mass is 35.5. The van der Waals surface area contributed by atoms with Gasteiger partial charge in [0.1, 0.15) is 5.82 Å². The molecular weight excluding hydrogens is 265 g/mol. The van der Waals surface area contributed by atoms with Crippen LogP contribution in [0.2, 0.25) is 5.02 Å². The zero-order chi connectivity index (χ0) is 14.0. The molecule has 0 atom stereocenters. The Balaban J connectivity index is 2.05. The summed E-state index contributed by atoms with van der Waals surface area (Å²) in [6.45, 7) is 6.07. The van der Waals surface area contributed by atoms with Crippen LogP contribution in [-0.2, 0) is 6.42 Å². The fraction of sp³-hybridized carbons (Fsp3) is 0.600. The number of rotatable bonds is 3. The third-order valence-electron chi connectivity index (χ3n) is 4.01. The molecule has 0 aromatic heterocycles. The SMILES string of the molecule is CC(C)N1CCC(O)(Cc2cccc(F)c2Cl)CC1. The first-order valence-corrected chi connectivity index (χ1v) is 7.18. The highest BCUT2D eigenvalue weighted by Crippen LogP contribution is 2.30. The Hall–Kier alpha value is -0.640. The third kappa shape index (κ3) is 3.47. The molecule has 0 unspecified atom stereocenters. The van der Waals surface area contributed by atoms with E-state index in [1.807, 2.05) is 0 Å². The first kappa shape index (κ1) is 14.8. The van der Waals surface area contributed by atoms with Gasteiger partial charge in [-0.25, -0.2) is 4.39 Å². The van der Waals surface area contributed by atoms with E-state index in [9.17, 15) is 9.50 Å². The molecule has 1 aliphatic heterocycles. The lowest BCUT2D eigenvalue weighted by Gasteiger charge is -2.40. The maximum atomic E-state index is 13.4. The molecular formula is C15H21ClFNO. The van der Waals surface area contributed by atoms with Gasteiger partial charge in [0.25, 0.3) is 0 Å². The van der Waals surface area contributed by atoms with E-state index in [4.69, 9.17) is 11.6 Å². The number of hydrogen-bond acceptors (Lipinski definition) is 2. The lowest BCUT2D eigenvalue weighted by atomic mass is 9.85. The Bertz CT molecular complexity index is 442. The molecule has 0 amide bonds. The van der Waals surface area contributed by atoms with Gasteiger partial charge >= 0.3 is 0 Å². The van der Waals surface area contributed by atoms with Gasteiger partial charge < -0.3 is 10.0 Å². The van der Waals surface area contributed by atoms with Gasteiger partial charge in [0, 0.05) is 25.6 Å². The summed E-state index contributed by atoms with van der Waals surface area (Å²) in [5.41, 5.74) is -0.0646. The van der Waals surface area contributed by atoms with Gasteiger partial charge in [-0.05, 0) is 38.3 Å². The van der Waals surface area contributed by atoms with Crippen molar-refractivity contribution in [3.05, 3.63) is 34.6 Å². The summed E-state index contributed by atoms with van der Waals surface area (Å²) in [4.78, 5) is 2.35. The van der Waals surface area contributed by atoms with Gasteiger partial charge in [0.15, 0.2) is 0 Å². The number of likely N-dealkylation sites (tertiary alicyclic amines) is 1. The maximum absolute atomic E-state index is 13.4. The molecule has 0 spiro atoms. The van der Waals surface area contributed by atoms with Gasteiger partial charge in [-0.1, -0.05) is 23.7 Å². The minimum Gasteiger partial charge on any atom is -0.389 e. The molecule has 0 bridgehead atoms. The zero-order valence-corrected chi connectivity index (χ0v) is 12.3. The second-order valence-corrected chi connectivity index (χ2v) is 6.12. The van der Waals surface area contributed by atoms with Gasteiger partial charge in [0.2, 0.25) is 0 Å². The number of piperidine rings is 1. The van der Waals surface area contributed by atoms with E-state index in [2.05, 4.69) is 18.7 Å². The van der Waals surface area contributed by atoms with Crippen molar-refractivity contribution in [2.45, 2.75) is 44.8 Å². The topological polar surface area (TPSA) is 23.5 Å². The highest BCUT2D eigenvalue weighted by molar-refractivity contribution is 6.31. The van der Waals surface area contributed by atoms with Crippen LogP contribution in [0.4, 0.5) is 4.39 Å².